The van der Waals surface area contributed by atoms with E-state index in [4.69, 9.17) is 4.74 Å². The second-order valence-corrected chi connectivity index (χ2v) is 7.63. The van der Waals surface area contributed by atoms with Gasteiger partial charge in [-0.3, -0.25) is 4.98 Å². The zero-order valence-corrected chi connectivity index (χ0v) is 16.3. The summed E-state index contributed by atoms with van der Waals surface area (Å²) in [6.45, 7) is 1.68. The Kier molecular flexibility index (Phi) is 6.50. The lowest BCUT2D eigenvalue weighted by molar-refractivity contribution is 0.414. The van der Waals surface area contributed by atoms with Crippen molar-refractivity contribution in [2.75, 3.05) is 7.11 Å². The summed E-state index contributed by atoms with van der Waals surface area (Å²) in [4.78, 5) is 5.32. The lowest BCUT2D eigenvalue weighted by Crippen LogP contribution is -2.15. The lowest BCUT2D eigenvalue weighted by Gasteiger charge is -2.21. The molecule has 2 aromatic carbocycles. The minimum absolute atomic E-state index is 0.840. The van der Waals surface area contributed by atoms with E-state index in [0.717, 1.165) is 23.3 Å². The summed E-state index contributed by atoms with van der Waals surface area (Å²) in [6, 6.07) is 20.7. The molecule has 0 bridgehead atoms. The quantitative estimate of drug-likeness (QED) is 0.472. The Morgan fingerprint density at radius 2 is 1.48 bits per heavy atom. The van der Waals surface area contributed by atoms with E-state index in [0.29, 0.717) is 0 Å². The first-order valence-electron chi connectivity index (χ1n) is 7.93. The molecule has 0 spiro atoms. The van der Waals surface area contributed by atoms with E-state index in [9.17, 15) is 0 Å². The SMILES string of the molecule is COc1ccc(CN(Cc2ccncc2)Sc2ccc(Br)cc2)cc1. The van der Waals surface area contributed by atoms with E-state index >= 15 is 0 Å². The molecule has 25 heavy (non-hydrogen) atoms. The highest BCUT2D eigenvalue weighted by atomic mass is 79.9. The van der Waals surface area contributed by atoms with Crippen LogP contribution in [0.25, 0.3) is 0 Å². The van der Waals surface area contributed by atoms with Gasteiger partial charge in [0.05, 0.1) is 7.11 Å². The summed E-state index contributed by atoms with van der Waals surface area (Å²) in [5.41, 5.74) is 2.49. The maximum atomic E-state index is 5.25. The Morgan fingerprint density at radius 3 is 2.08 bits per heavy atom. The van der Waals surface area contributed by atoms with Gasteiger partial charge in [0.2, 0.25) is 0 Å². The molecule has 0 radical (unpaired) electrons. The molecule has 0 saturated carbocycles. The predicted molar refractivity (Wildman–Crippen MR) is 106 cm³/mol. The van der Waals surface area contributed by atoms with Crippen molar-refractivity contribution >= 4 is 27.9 Å². The monoisotopic (exact) mass is 414 g/mol. The molecule has 3 nitrogen and oxygen atoms in total. The highest BCUT2D eigenvalue weighted by molar-refractivity contribution is 9.10. The summed E-state index contributed by atoms with van der Waals surface area (Å²) >= 11 is 5.25. The molecule has 1 aromatic heterocycles. The summed E-state index contributed by atoms with van der Waals surface area (Å²) in [7, 11) is 1.69. The van der Waals surface area contributed by atoms with Crippen LogP contribution in [0.3, 0.4) is 0 Å². The minimum atomic E-state index is 0.840. The van der Waals surface area contributed by atoms with Crippen LogP contribution in [-0.4, -0.2) is 16.4 Å². The smallest absolute Gasteiger partial charge is 0.118 e. The van der Waals surface area contributed by atoms with Crippen LogP contribution < -0.4 is 4.74 Å². The molecular weight excluding hydrogens is 396 g/mol. The fourth-order valence-electron chi connectivity index (χ4n) is 2.39. The van der Waals surface area contributed by atoms with Crippen LogP contribution in [0.15, 0.2) is 82.4 Å². The second-order valence-electron chi connectivity index (χ2n) is 5.55. The van der Waals surface area contributed by atoms with Crippen LogP contribution in [0.1, 0.15) is 11.1 Å². The van der Waals surface area contributed by atoms with E-state index in [1.807, 2.05) is 24.5 Å². The number of halogens is 1. The number of benzene rings is 2. The summed E-state index contributed by atoms with van der Waals surface area (Å²) in [5, 5.41) is 0. The largest absolute Gasteiger partial charge is 0.497 e. The first kappa shape index (κ1) is 18.0. The first-order chi connectivity index (χ1) is 12.2. The van der Waals surface area contributed by atoms with Gasteiger partial charge in [-0.05, 0) is 71.6 Å². The molecule has 3 rings (SSSR count). The number of methoxy groups -OCH3 is 1. The lowest BCUT2D eigenvalue weighted by atomic mass is 10.2. The molecule has 0 fully saturated rings. The van der Waals surface area contributed by atoms with Gasteiger partial charge in [0, 0.05) is 34.9 Å². The Bertz CT molecular complexity index is 779. The van der Waals surface area contributed by atoms with Crippen LogP contribution in [-0.2, 0) is 13.1 Å². The fraction of sp³-hybridized carbons (Fsp3) is 0.150. The Balaban J connectivity index is 1.76. The molecule has 0 N–H and O–H groups in total. The minimum Gasteiger partial charge on any atom is -0.497 e. The third-order valence-corrected chi connectivity index (χ3v) is 5.20. The maximum Gasteiger partial charge on any atom is 0.118 e. The van der Waals surface area contributed by atoms with Crippen LogP contribution in [0.5, 0.6) is 5.75 Å². The standard InChI is InChI=1S/C20H19BrN2OS/c1-24-19-6-2-16(3-7-19)14-23(15-17-10-12-22-13-11-17)25-20-8-4-18(21)5-9-20/h2-13H,14-15H2,1H3. The average molecular weight is 415 g/mol. The second kappa shape index (κ2) is 9.04. The molecular formula is C20H19BrN2OS. The number of rotatable bonds is 7. The number of hydrogen-bond donors (Lipinski definition) is 0. The normalized spacial score (nSPS) is 10.8. The van der Waals surface area contributed by atoms with Crippen molar-refractivity contribution in [1.82, 2.24) is 9.29 Å². The molecule has 0 amide bonds. The highest BCUT2D eigenvalue weighted by Crippen LogP contribution is 2.28. The summed E-state index contributed by atoms with van der Waals surface area (Å²) in [5.74, 6) is 0.880. The van der Waals surface area contributed by atoms with Gasteiger partial charge in [-0.1, -0.05) is 28.1 Å². The van der Waals surface area contributed by atoms with Crippen molar-refractivity contribution in [3.63, 3.8) is 0 Å². The van der Waals surface area contributed by atoms with E-state index in [2.05, 4.69) is 73.8 Å². The summed E-state index contributed by atoms with van der Waals surface area (Å²) in [6.07, 6.45) is 3.68. The third-order valence-electron chi connectivity index (χ3n) is 3.67. The molecule has 0 atom stereocenters. The number of nitrogens with zero attached hydrogens (tertiary/aromatic N) is 2. The molecule has 0 saturated heterocycles. The summed E-state index contributed by atoms with van der Waals surface area (Å²) < 4.78 is 8.68. The van der Waals surface area contributed by atoms with E-state index in [-0.39, 0.29) is 0 Å². The molecule has 0 aliphatic rings. The van der Waals surface area contributed by atoms with Gasteiger partial charge in [-0.25, -0.2) is 4.31 Å². The molecule has 5 heteroatoms. The van der Waals surface area contributed by atoms with Gasteiger partial charge in [-0.2, -0.15) is 0 Å². The molecule has 0 aliphatic heterocycles. The van der Waals surface area contributed by atoms with Gasteiger partial charge >= 0.3 is 0 Å². The van der Waals surface area contributed by atoms with E-state index < -0.39 is 0 Å². The van der Waals surface area contributed by atoms with Crippen molar-refractivity contribution < 1.29 is 4.74 Å². The Morgan fingerprint density at radius 1 is 0.880 bits per heavy atom. The van der Waals surface area contributed by atoms with E-state index in [1.54, 1.807) is 19.1 Å². The highest BCUT2D eigenvalue weighted by Gasteiger charge is 2.10. The Hall–Kier alpha value is -1.82. The number of hydrogen-bond acceptors (Lipinski definition) is 4. The van der Waals surface area contributed by atoms with Crippen molar-refractivity contribution in [2.45, 2.75) is 18.0 Å². The van der Waals surface area contributed by atoms with Crippen molar-refractivity contribution in [2.24, 2.45) is 0 Å². The van der Waals surface area contributed by atoms with Crippen molar-refractivity contribution in [1.29, 1.82) is 0 Å². The van der Waals surface area contributed by atoms with Gasteiger partial charge in [-0.15, -0.1) is 0 Å². The van der Waals surface area contributed by atoms with Gasteiger partial charge in [0.15, 0.2) is 0 Å². The number of pyridine rings is 1. The third kappa shape index (κ3) is 5.59. The number of aromatic nitrogens is 1. The molecule has 0 aliphatic carbocycles. The Labute approximate surface area is 161 Å². The number of ether oxygens (including phenoxy) is 1. The van der Waals surface area contributed by atoms with Gasteiger partial charge < -0.3 is 4.74 Å². The maximum absolute atomic E-state index is 5.25. The zero-order valence-electron chi connectivity index (χ0n) is 13.9. The van der Waals surface area contributed by atoms with Crippen LogP contribution in [0.4, 0.5) is 0 Å². The molecule has 3 aromatic rings. The van der Waals surface area contributed by atoms with Gasteiger partial charge in [0.25, 0.3) is 0 Å². The van der Waals surface area contributed by atoms with E-state index in [1.165, 1.54) is 16.0 Å². The van der Waals surface area contributed by atoms with Crippen LogP contribution in [0, 0.1) is 0 Å². The predicted octanol–water partition coefficient (Wildman–Crippen LogP) is 5.56. The van der Waals surface area contributed by atoms with Gasteiger partial charge in [0.1, 0.15) is 5.75 Å². The van der Waals surface area contributed by atoms with Crippen molar-refractivity contribution in [3.8, 4) is 5.75 Å². The zero-order chi connectivity index (χ0) is 17.5. The van der Waals surface area contributed by atoms with Crippen LogP contribution >= 0.6 is 27.9 Å². The van der Waals surface area contributed by atoms with Crippen LogP contribution in [0.2, 0.25) is 0 Å². The fourth-order valence-corrected chi connectivity index (χ4v) is 3.64. The first-order valence-corrected chi connectivity index (χ1v) is 9.50. The molecule has 0 unspecified atom stereocenters. The average Bonchev–Trinajstić information content (AvgIpc) is 2.65. The molecule has 128 valence electrons. The molecule has 1 heterocycles. The topological polar surface area (TPSA) is 25.4 Å². The van der Waals surface area contributed by atoms with Crippen molar-refractivity contribution in [3.05, 3.63) is 88.7 Å².